The van der Waals surface area contributed by atoms with Crippen LogP contribution in [0.15, 0.2) is 30.6 Å². The molecule has 152 valence electrons. The number of carbonyl (C=O) groups is 1. The van der Waals surface area contributed by atoms with Gasteiger partial charge in [-0.1, -0.05) is 18.9 Å². The van der Waals surface area contributed by atoms with Gasteiger partial charge in [0.1, 0.15) is 17.2 Å². The Balaban J connectivity index is 1.72. The zero-order valence-corrected chi connectivity index (χ0v) is 17.0. The van der Waals surface area contributed by atoms with E-state index in [9.17, 15) is 9.90 Å². The number of nitrogens with zero attached hydrogens (tertiary/aromatic N) is 5. The zero-order chi connectivity index (χ0) is 20.5. The number of hydrogen-bond donors (Lipinski definition) is 2. The van der Waals surface area contributed by atoms with Crippen LogP contribution in [0.3, 0.4) is 0 Å². The van der Waals surface area contributed by atoms with Crippen molar-refractivity contribution in [1.29, 1.82) is 0 Å². The summed E-state index contributed by atoms with van der Waals surface area (Å²) in [5, 5.41) is 13.6. The van der Waals surface area contributed by atoms with Gasteiger partial charge < -0.3 is 19.9 Å². The van der Waals surface area contributed by atoms with E-state index < -0.39 is 6.10 Å². The lowest BCUT2D eigenvalue weighted by Gasteiger charge is -2.19. The standard InChI is InChI=1S/C21H26N6O2/c1-13(28)14-8-9-18(22-11-14)24-21-23-12-15-10-17(20(29)26(2)3)27(19(15)25-21)16-6-4-5-7-16/h8-13,16,28H,4-7H2,1-3H3,(H,22,23,24,25)/t13-/m1/s1. The molecular weight excluding hydrogens is 368 g/mol. The first-order valence-electron chi connectivity index (χ1n) is 9.94. The van der Waals surface area contributed by atoms with Crippen LogP contribution in [0.2, 0.25) is 0 Å². The first-order valence-corrected chi connectivity index (χ1v) is 9.94. The molecule has 1 fully saturated rings. The molecular formula is C21H26N6O2. The first-order chi connectivity index (χ1) is 13.9. The van der Waals surface area contributed by atoms with Gasteiger partial charge in [0.25, 0.3) is 5.91 Å². The van der Waals surface area contributed by atoms with Crippen molar-refractivity contribution in [3.8, 4) is 0 Å². The molecule has 1 amide bonds. The highest BCUT2D eigenvalue weighted by Crippen LogP contribution is 2.34. The number of amides is 1. The molecule has 1 atom stereocenters. The maximum atomic E-state index is 12.8. The molecule has 0 spiro atoms. The monoisotopic (exact) mass is 394 g/mol. The Labute approximate surface area is 169 Å². The van der Waals surface area contributed by atoms with Crippen molar-refractivity contribution >= 4 is 28.7 Å². The van der Waals surface area contributed by atoms with Crippen molar-refractivity contribution in [3.05, 3.63) is 41.9 Å². The average Bonchev–Trinajstić information content (AvgIpc) is 3.34. The molecule has 0 aromatic carbocycles. The van der Waals surface area contributed by atoms with E-state index in [1.807, 2.05) is 12.1 Å². The fourth-order valence-corrected chi connectivity index (χ4v) is 3.83. The van der Waals surface area contributed by atoms with E-state index in [2.05, 4.69) is 19.9 Å². The molecule has 2 N–H and O–H groups in total. The van der Waals surface area contributed by atoms with Crippen LogP contribution in [0, 0.1) is 0 Å². The van der Waals surface area contributed by atoms with Gasteiger partial charge in [-0.25, -0.2) is 9.97 Å². The van der Waals surface area contributed by atoms with E-state index in [1.165, 1.54) is 0 Å². The average molecular weight is 394 g/mol. The lowest BCUT2D eigenvalue weighted by Crippen LogP contribution is -2.25. The molecule has 29 heavy (non-hydrogen) atoms. The van der Waals surface area contributed by atoms with Crippen LogP contribution in [0.25, 0.3) is 11.0 Å². The van der Waals surface area contributed by atoms with Crippen molar-refractivity contribution in [3.63, 3.8) is 0 Å². The number of aromatic nitrogens is 4. The summed E-state index contributed by atoms with van der Waals surface area (Å²) >= 11 is 0. The highest BCUT2D eigenvalue weighted by Gasteiger charge is 2.26. The summed E-state index contributed by atoms with van der Waals surface area (Å²) in [6.45, 7) is 1.70. The van der Waals surface area contributed by atoms with E-state index >= 15 is 0 Å². The molecule has 3 aromatic rings. The summed E-state index contributed by atoms with van der Waals surface area (Å²) in [7, 11) is 3.53. The molecule has 0 radical (unpaired) electrons. The number of pyridine rings is 1. The summed E-state index contributed by atoms with van der Waals surface area (Å²) in [5.41, 5.74) is 2.16. The molecule has 0 saturated heterocycles. The summed E-state index contributed by atoms with van der Waals surface area (Å²) in [5.74, 6) is 0.994. The summed E-state index contributed by atoms with van der Waals surface area (Å²) in [4.78, 5) is 27.8. The summed E-state index contributed by atoms with van der Waals surface area (Å²) in [6.07, 6.45) is 7.23. The van der Waals surface area contributed by atoms with Crippen LogP contribution in [0.1, 0.15) is 60.8 Å². The normalized spacial score (nSPS) is 15.6. The largest absolute Gasteiger partial charge is 0.389 e. The van der Waals surface area contributed by atoms with Gasteiger partial charge in [0, 0.05) is 37.9 Å². The first kappa shape index (κ1) is 19.3. The highest BCUT2D eigenvalue weighted by atomic mass is 16.3. The minimum atomic E-state index is -0.563. The van der Waals surface area contributed by atoms with E-state index in [1.54, 1.807) is 44.4 Å². The van der Waals surface area contributed by atoms with Gasteiger partial charge in [-0.3, -0.25) is 4.79 Å². The molecule has 0 aliphatic heterocycles. The minimum absolute atomic E-state index is 0.0280. The fraction of sp³-hybridized carbons (Fsp3) is 0.429. The number of anilines is 2. The lowest BCUT2D eigenvalue weighted by molar-refractivity contribution is 0.0815. The van der Waals surface area contributed by atoms with Gasteiger partial charge in [-0.05, 0) is 37.5 Å². The van der Waals surface area contributed by atoms with Gasteiger partial charge in [0.15, 0.2) is 0 Å². The van der Waals surface area contributed by atoms with Crippen molar-refractivity contribution in [2.75, 3.05) is 19.4 Å². The predicted molar refractivity (Wildman–Crippen MR) is 111 cm³/mol. The maximum Gasteiger partial charge on any atom is 0.270 e. The Hall–Kier alpha value is -3.00. The van der Waals surface area contributed by atoms with Crippen LogP contribution in [0.4, 0.5) is 11.8 Å². The van der Waals surface area contributed by atoms with Gasteiger partial charge in [0.2, 0.25) is 5.95 Å². The number of nitrogens with one attached hydrogen (secondary N) is 1. The van der Waals surface area contributed by atoms with Crippen LogP contribution in [0.5, 0.6) is 0 Å². The summed E-state index contributed by atoms with van der Waals surface area (Å²) in [6, 6.07) is 5.76. The lowest BCUT2D eigenvalue weighted by atomic mass is 10.2. The van der Waals surface area contributed by atoms with E-state index in [-0.39, 0.29) is 11.9 Å². The van der Waals surface area contributed by atoms with Crippen molar-refractivity contribution in [1.82, 2.24) is 24.4 Å². The second kappa shape index (κ2) is 7.79. The molecule has 0 unspecified atom stereocenters. The number of rotatable bonds is 5. The Morgan fingerprint density at radius 1 is 1.24 bits per heavy atom. The van der Waals surface area contributed by atoms with Gasteiger partial charge >= 0.3 is 0 Å². The molecule has 4 rings (SSSR count). The topological polar surface area (TPSA) is 96.2 Å². The van der Waals surface area contributed by atoms with E-state index in [0.29, 0.717) is 17.5 Å². The number of hydrogen-bond acceptors (Lipinski definition) is 6. The number of fused-ring (bicyclic) bond motifs is 1. The van der Waals surface area contributed by atoms with Gasteiger partial charge in [-0.2, -0.15) is 4.98 Å². The van der Waals surface area contributed by atoms with Crippen LogP contribution >= 0.6 is 0 Å². The van der Waals surface area contributed by atoms with Gasteiger partial charge in [-0.15, -0.1) is 0 Å². The number of aliphatic hydroxyl groups is 1. The molecule has 8 nitrogen and oxygen atoms in total. The third kappa shape index (κ3) is 3.80. The second-order valence-electron chi connectivity index (χ2n) is 7.79. The smallest absolute Gasteiger partial charge is 0.270 e. The molecule has 1 aliphatic carbocycles. The fourth-order valence-electron chi connectivity index (χ4n) is 3.83. The number of aliphatic hydroxyl groups excluding tert-OH is 1. The molecule has 1 aliphatic rings. The molecule has 3 aromatic heterocycles. The van der Waals surface area contributed by atoms with E-state index in [0.717, 1.165) is 42.3 Å². The third-order valence-electron chi connectivity index (χ3n) is 5.40. The molecule has 1 saturated carbocycles. The Morgan fingerprint density at radius 2 is 2.00 bits per heavy atom. The van der Waals surface area contributed by atoms with Crippen LogP contribution in [-0.4, -0.2) is 49.5 Å². The van der Waals surface area contributed by atoms with Crippen LogP contribution in [-0.2, 0) is 0 Å². The predicted octanol–water partition coefficient (Wildman–Crippen LogP) is 3.44. The zero-order valence-electron chi connectivity index (χ0n) is 17.0. The SMILES string of the molecule is C[C@@H](O)c1ccc(Nc2ncc3cc(C(=O)N(C)C)n(C4CCCC4)c3n2)nc1. The highest BCUT2D eigenvalue weighted by molar-refractivity contribution is 5.97. The van der Waals surface area contributed by atoms with E-state index in [4.69, 9.17) is 4.98 Å². The number of carbonyl (C=O) groups excluding carboxylic acids is 1. The Kier molecular flexibility index (Phi) is 5.19. The summed E-state index contributed by atoms with van der Waals surface area (Å²) < 4.78 is 2.08. The Bertz CT molecular complexity index is 1020. The van der Waals surface area contributed by atoms with Crippen molar-refractivity contribution < 1.29 is 9.90 Å². The maximum absolute atomic E-state index is 12.8. The minimum Gasteiger partial charge on any atom is -0.389 e. The quantitative estimate of drug-likeness (QED) is 0.688. The van der Waals surface area contributed by atoms with Gasteiger partial charge in [0.05, 0.1) is 6.10 Å². The third-order valence-corrected chi connectivity index (χ3v) is 5.40. The molecule has 8 heteroatoms. The second-order valence-corrected chi connectivity index (χ2v) is 7.79. The van der Waals surface area contributed by atoms with Crippen molar-refractivity contribution in [2.45, 2.75) is 44.8 Å². The van der Waals surface area contributed by atoms with Crippen LogP contribution < -0.4 is 5.32 Å². The Morgan fingerprint density at radius 3 is 2.62 bits per heavy atom. The molecule has 3 heterocycles. The molecule has 0 bridgehead atoms. The van der Waals surface area contributed by atoms with Crippen molar-refractivity contribution in [2.24, 2.45) is 0 Å².